The predicted octanol–water partition coefficient (Wildman–Crippen LogP) is 18.9. The molecule has 2 spiro atoms. The van der Waals surface area contributed by atoms with Crippen LogP contribution in [0, 0.1) is 41.4 Å². The van der Waals surface area contributed by atoms with E-state index < -0.39 is 67.3 Å². The zero-order chi connectivity index (χ0) is 66.2. The van der Waals surface area contributed by atoms with Gasteiger partial charge in [-0.3, -0.25) is 15.0 Å². The first-order chi connectivity index (χ1) is 43.7. The minimum Gasteiger partial charge on any atom is -0.256 e. The second-order valence-corrected chi connectivity index (χ2v) is 24.8. The first-order valence-electron chi connectivity index (χ1n) is 36.1. The predicted molar refractivity (Wildman–Crippen MR) is 324 cm³/mol. The highest BCUT2D eigenvalue weighted by molar-refractivity contribution is 5.73. The van der Waals surface area contributed by atoms with Crippen molar-refractivity contribution in [1.82, 2.24) is 15.0 Å². The molecule has 3 heteroatoms. The number of benzene rings is 5. The van der Waals surface area contributed by atoms with Crippen LogP contribution in [0.15, 0.2) is 164 Å². The van der Waals surface area contributed by atoms with Crippen LogP contribution in [0.3, 0.4) is 0 Å². The van der Waals surface area contributed by atoms with Crippen LogP contribution in [0.5, 0.6) is 0 Å². The molecule has 4 atom stereocenters. The molecule has 12 aliphatic rings. The van der Waals surface area contributed by atoms with Gasteiger partial charge >= 0.3 is 0 Å². The second kappa shape index (κ2) is 21.0. The van der Waals surface area contributed by atoms with Gasteiger partial charge in [0, 0.05) is 55.8 Å². The van der Waals surface area contributed by atoms with Crippen LogP contribution in [0.1, 0.15) is 179 Å². The monoisotopic (exact) mass is 1040 g/mol. The van der Waals surface area contributed by atoms with E-state index in [1.165, 1.54) is 18.2 Å². The highest BCUT2D eigenvalue weighted by atomic mass is 14.7. The van der Waals surface area contributed by atoms with Crippen LogP contribution in [0.25, 0.3) is 44.9 Å². The van der Waals surface area contributed by atoms with Crippen molar-refractivity contribution in [2.24, 2.45) is 27.6 Å². The molecule has 20 rings (SSSR count). The molecular weight excluding hydrogens is 943 g/mol. The highest BCUT2D eigenvalue weighted by Gasteiger charge is 2.62. The summed E-state index contributed by atoms with van der Waals surface area (Å²) in [5.41, 5.74) is 7.81. The Kier molecular flexibility index (Phi) is 9.86. The fourth-order valence-corrected chi connectivity index (χ4v) is 14.4. The summed E-state index contributed by atoms with van der Waals surface area (Å²) in [5, 5.41) is 0. The van der Waals surface area contributed by atoms with Gasteiger partial charge < -0.3 is 0 Å². The summed E-state index contributed by atoms with van der Waals surface area (Å²) in [4.78, 5) is 14.2. The van der Waals surface area contributed by atoms with Crippen LogP contribution in [0.2, 0.25) is 0 Å². The molecule has 8 aromatic rings. The molecule has 3 aromatic heterocycles. The Hall–Kier alpha value is -6.45. The molecule has 5 saturated carbocycles. The van der Waals surface area contributed by atoms with E-state index in [4.69, 9.17) is 12.7 Å². The summed E-state index contributed by atoms with van der Waals surface area (Å²) >= 11 is 0. The zero-order valence-corrected chi connectivity index (χ0v) is 45.5. The normalized spacial score (nSPS) is 30.2. The smallest absolute Gasteiger partial charge is 0.0708 e. The first-order valence-corrected chi connectivity index (χ1v) is 28.5. The topological polar surface area (TPSA) is 38.7 Å². The maximum absolute atomic E-state index is 10.4. The Morgan fingerprint density at radius 2 is 1.12 bits per heavy atom. The molecule has 3 nitrogen and oxygen atoms in total. The van der Waals surface area contributed by atoms with Gasteiger partial charge in [-0.15, -0.1) is 0 Å². The number of pyridine rings is 3. The molecule has 0 radical (unpaired) electrons. The lowest BCUT2D eigenvalue weighted by Crippen LogP contribution is -2.57. The Morgan fingerprint density at radius 1 is 0.538 bits per heavy atom. The highest BCUT2D eigenvalue weighted by Crippen LogP contribution is 2.73. The SMILES string of the molecule is [2H]C([2H])c1cc2cc(c1)C([2H])([2H])Cc1ccc(nc1)-c1ccc(cc1)C([2H])([2H])C([2H])([2H])C13CC4CC(CCc5ccc(cc5)-c5ccc(cn5)CC2([2H])[2H])(C1)CC(C([2H])([2H])C([2H])([2H])c1ccc(-c2cc(-c5ccc(C6([2H])CCC(C)(C)CC6)cc5)c(C)cn2)cc1)(C4)C3. The molecular formula is C75H81N3. The summed E-state index contributed by atoms with van der Waals surface area (Å²) in [5.74, 6) is -0.804. The van der Waals surface area contributed by atoms with E-state index in [2.05, 4.69) is 43.1 Å². The molecule has 8 aliphatic carbocycles. The first kappa shape index (κ1) is 36.7. The van der Waals surface area contributed by atoms with Gasteiger partial charge in [-0.05, 0) is 255 Å². The second-order valence-electron chi connectivity index (χ2n) is 24.8. The van der Waals surface area contributed by atoms with Crippen LogP contribution >= 0.6 is 0 Å². The van der Waals surface area contributed by atoms with E-state index in [-0.39, 0.29) is 58.4 Å². The van der Waals surface area contributed by atoms with Gasteiger partial charge in [0.05, 0.1) is 17.1 Å². The number of nitrogens with zero attached hydrogens (tertiary/aromatic N) is 3. The van der Waals surface area contributed by atoms with Crippen molar-refractivity contribution in [3.8, 4) is 44.9 Å². The summed E-state index contributed by atoms with van der Waals surface area (Å²) in [7, 11) is 0. The van der Waals surface area contributed by atoms with Crippen molar-refractivity contribution in [2.45, 2.75) is 162 Å². The van der Waals surface area contributed by atoms with Crippen molar-refractivity contribution >= 4 is 0 Å². The third-order valence-electron chi connectivity index (χ3n) is 18.2. The molecule has 5 fully saturated rings. The number of hydrogen-bond acceptors (Lipinski definition) is 3. The third-order valence-corrected chi connectivity index (χ3v) is 18.2. The minimum atomic E-state index is -2.59. The number of aryl methyl sites for hydroxylation is 9. The van der Waals surface area contributed by atoms with Crippen LogP contribution < -0.4 is 0 Å². The number of hydrogen-bond donors (Lipinski definition) is 0. The average molecular weight is 1040 g/mol. The van der Waals surface area contributed by atoms with E-state index >= 15 is 0 Å². The van der Waals surface area contributed by atoms with E-state index in [1.807, 2.05) is 55.6 Å². The van der Waals surface area contributed by atoms with Gasteiger partial charge in [-0.25, -0.2) is 0 Å². The van der Waals surface area contributed by atoms with Gasteiger partial charge in [-0.2, -0.15) is 0 Å². The van der Waals surface area contributed by atoms with Crippen LogP contribution in [-0.4, -0.2) is 15.0 Å². The molecule has 7 heterocycles. The molecule has 14 bridgehead atoms. The lowest BCUT2D eigenvalue weighted by Gasteiger charge is -2.67. The van der Waals surface area contributed by atoms with E-state index in [0.717, 1.165) is 64.6 Å². The lowest BCUT2D eigenvalue weighted by atomic mass is 9.37. The molecule has 78 heavy (non-hydrogen) atoms. The molecule has 0 N–H and O–H groups in total. The van der Waals surface area contributed by atoms with Crippen molar-refractivity contribution in [3.05, 3.63) is 220 Å². The summed E-state index contributed by atoms with van der Waals surface area (Å²) in [6.45, 7) is 5.11. The Morgan fingerprint density at radius 3 is 1.76 bits per heavy atom. The molecule has 0 saturated heterocycles. The van der Waals surface area contributed by atoms with Gasteiger partial charge in [0.1, 0.15) is 0 Å². The van der Waals surface area contributed by atoms with Gasteiger partial charge in [-0.1, -0.05) is 147 Å². The average Bonchev–Trinajstić information content (AvgIpc) is 0.666. The largest absolute Gasteiger partial charge is 0.256 e. The van der Waals surface area contributed by atoms with Crippen LogP contribution in [0.4, 0.5) is 0 Å². The van der Waals surface area contributed by atoms with E-state index in [9.17, 15) is 17.8 Å². The Labute approximate surface area is 487 Å². The standard InChI is InChI=1S/C75H81N3/c1-52-39-59-7-5-57-15-27-69(77-47-57)65-17-9-54(10-18-65)29-36-73-43-61-44-74(49-73,37-30-55-11-19-66(20-12-55)70-28-16-58(48-78-70)6-8-60(40-52)41-59)51-75(45-61,50-73)38-31-56-13-21-67(22-14-56)71-42-68(53(2)46-76-71)64-25-23-62(24-26-64)63-32-34-72(3,4)35-33-63/h9-28,39-42,46-48,61,63H,5-8,29-38,43-45,49-51H2,1-4H3/i1D2,7D2,8D2,29D2,31D2,36D2,38D2,63D. The Balaban J connectivity index is 0.829. The molecule has 396 valence electrons. The zero-order valence-electron chi connectivity index (χ0n) is 60.5. The number of aromatic nitrogens is 3. The lowest BCUT2D eigenvalue weighted by molar-refractivity contribution is -0.166. The van der Waals surface area contributed by atoms with Crippen molar-refractivity contribution in [1.29, 1.82) is 0 Å². The van der Waals surface area contributed by atoms with Crippen LogP contribution in [-0.2, 0) is 44.8 Å². The molecule has 5 aromatic carbocycles. The fourth-order valence-electron chi connectivity index (χ4n) is 14.4. The van der Waals surface area contributed by atoms with Gasteiger partial charge in [0.15, 0.2) is 0 Å². The fraction of sp³-hybridized carbons (Fsp3) is 0.400. The quantitative estimate of drug-likeness (QED) is 0.167. The maximum Gasteiger partial charge on any atom is 0.0708 e. The Bertz CT molecular complexity index is 4090. The summed E-state index contributed by atoms with van der Waals surface area (Å²) < 4.78 is 144. The van der Waals surface area contributed by atoms with Crippen molar-refractivity contribution in [3.63, 3.8) is 0 Å². The maximum atomic E-state index is 10.4. The van der Waals surface area contributed by atoms with Crippen molar-refractivity contribution in [2.75, 3.05) is 0 Å². The molecule has 0 amide bonds. The molecule has 4 aliphatic heterocycles. The summed E-state index contributed by atoms with van der Waals surface area (Å²) in [6.07, 6.45) is -2.73. The molecule has 4 unspecified atom stereocenters. The van der Waals surface area contributed by atoms with Gasteiger partial charge in [0.2, 0.25) is 0 Å². The third kappa shape index (κ3) is 11.1. The minimum absolute atomic E-state index is 0.0355. The number of rotatable bonds is 6. The van der Waals surface area contributed by atoms with Gasteiger partial charge in [0.25, 0.3) is 0 Å². The van der Waals surface area contributed by atoms with E-state index in [1.54, 1.807) is 73.1 Å². The summed E-state index contributed by atoms with van der Waals surface area (Å²) in [6, 6.07) is 43.5. The van der Waals surface area contributed by atoms with E-state index in [0.29, 0.717) is 78.7 Å². The van der Waals surface area contributed by atoms with Crippen molar-refractivity contribution < 1.29 is 20.6 Å².